The van der Waals surface area contributed by atoms with Gasteiger partial charge in [0.15, 0.2) is 0 Å². The standard InChI is InChI=1S/C15H16N4O3/c1-11-9-16-17(10-11)6-5-15(20)18-7-4-12-2-3-13(19(21)22)8-14(12)18/h2-3,8-10H,4-7H2,1H3. The molecule has 0 atom stereocenters. The van der Waals surface area contributed by atoms with Gasteiger partial charge in [0.2, 0.25) is 5.91 Å². The Balaban J connectivity index is 1.73. The summed E-state index contributed by atoms with van der Waals surface area (Å²) in [5, 5.41) is 15.0. The van der Waals surface area contributed by atoms with Crippen LogP contribution in [-0.4, -0.2) is 27.2 Å². The lowest BCUT2D eigenvalue weighted by Gasteiger charge is -2.17. The average Bonchev–Trinajstić information content (AvgIpc) is 3.10. The maximum Gasteiger partial charge on any atom is 0.271 e. The predicted octanol–water partition coefficient (Wildman–Crippen LogP) is 2.08. The number of carbonyl (C=O) groups is 1. The van der Waals surface area contributed by atoms with Crippen LogP contribution >= 0.6 is 0 Å². The van der Waals surface area contributed by atoms with Crippen LogP contribution in [0, 0.1) is 17.0 Å². The van der Waals surface area contributed by atoms with E-state index in [1.807, 2.05) is 13.1 Å². The summed E-state index contributed by atoms with van der Waals surface area (Å²) in [7, 11) is 0. The van der Waals surface area contributed by atoms with Crippen molar-refractivity contribution in [3.8, 4) is 0 Å². The second kappa shape index (κ2) is 5.59. The van der Waals surface area contributed by atoms with E-state index >= 15 is 0 Å². The van der Waals surface area contributed by atoms with Gasteiger partial charge in [-0.05, 0) is 24.5 Å². The number of aromatic nitrogens is 2. The number of anilines is 1. The molecule has 0 spiro atoms. The normalized spacial score (nSPS) is 13.2. The molecule has 2 aromatic rings. The van der Waals surface area contributed by atoms with Crippen molar-refractivity contribution in [3.63, 3.8) is 0 Å². The van der Waals surface area contributed by atoms with Crippen LogP contribution in [0.4, 0.5) is 11.4 Å². The van der Waals surface area contributed by atoms with Crippen LogP contribution in [0.15, 0.2) is 30.6 Å². The van der Waals surface area contributed by atoms with E-state index in [1.165, 1.54) is 12.1 Å². The minimum absolute atomic E-state index is 0.0150. The van der Waals surface area contributed by atoms with E-state index in [0.717, 1.165) is 17.5 Å². The maximum atomic E-state index is 12.4. The molecule has 0 radical (unpaired) electrons. The Labute approximate surface area is 127 Å². The number of benzene rings is 1. The lowest BCUT2D eigenvalue weighted by atomic mass is 10.1. The third-order valence-corrected chi connectivity index (χ3v) is 3.79. The molecule has 0 aliphatic carbocycles. The molecule has 0 fully saturated rings. The number of nitro groups is 1. The first-order valence-corrected chi connectivity index (χ1v) is 7.11. The second-order valence-electron chi connectivity index (χ2n) is 5.40. The van der Waals surface area contributed by atoms with E-state index in [0.29, 0.717) is 25.2 Å². The van der Waals surface area contributed by atoms with Crippen molar-refractivity contribution in [1.29, 1.82) is 0 Å². The monoisotopic (exact) mass is 300 g/mol. The molecule has 3 rings (SSSR count). The van der Waals surface area contributed by atoms with Gasteiger partial charge in [-0.15, -0.1) is 0 Å². The Bertz CT molecular complexity index is 738. The molecule has 1 aliphatic heterocycles. The number of non-ortho nitro benzene ring substituents is 1. The molecule has 1 amide bonds. The van der Waals surface area contributed by atoms with Crippen LogP contribution in [0.2, 0.25) is 0 Å². The molecule has 0 bridgehead atoms. The number of aryl methyl sites for hydroxylation is 2. The van der Waals surface area contributed by atoms with Crippen LogP contribution in [0.5, 0.6) is 0 Å². The lowest BCUT2D eigenvalue weighted by molar-refractivity contribution is -0.384. The number of hydrogen-bond donors (Lipinski definition) is 0. The van der Waals surface area contributed by atoms with Gasteiger partial charge in [0, 0.05) is 37.8 Å². The van der Waals surface area contributed by atoms with Crippen molar-refractivity contribution in [2.75, 3.05) is 11.4 Å². The molecular weight excluding hydrogens is 284 g/mol. The minimum atomic E-state index is -0.437. The van der Waals surface area contributed by atoms with Gasteiger partial charge in [-0.25, -0.2) is 0 Å². The summed E-state index contributed by atoms with van der Waals surface area (Å²) in [4.78, 5) is 24.5. The molecule has 7 nitrogen and oxygen atoms in total. The van der Waals surface area contributed by atoms with Crippen molar-refractivity contribution >= 4 is 17.3 Å². The molecule has 0 unspecified atom stereocenters. The van der Waals surface area contributed by atoms with E-state index in [1.54, 1.807) is 21.8 Å². The topological polar surface area (TPSA) is 81.3 Å². The lowest BCUT2D eigenvalue weighted by Crippen LogP contribution is -2.29. The number of nitrogens with zero attached hydrogens (tertiary/aromatic N) is 4. The largest absolute Gasteiger partial charge is 0.312 e. The van der Waals surface area contributed by atoms with Gasteiger partial charge in [-0.1, -0.05) is 6.07 Å². The van der Waals surface area contributed by atoms with Gasteiger partial charge in [0.25, 0.3) is 5.69 Å². The molecule has 0 N–H and O–H groups in total. The van der Waals surface area contributed by atoms with Crippen LogP contribution in [-0.2, 0) is 17.8 Å². The molecule has 7 heteroatoms. The number of hydrogen-bond acceptors (Lipinski definition) is 4. The third kappa shape index (κ3) is 2.69. The summed E-state index contributed by atoms with van der Waals surface area (Å²) in [5.41, 5.74) is 2.71. The minimum Gasteiger partial charge on any atom is -0.312 e. The van der Waals surface area contributed by atoms with E-state index in [4.69, 9.17) is 0 Å². The third-order valence-electron chi connectivity index (χ3n) is 3.79. The molecule has 114 valence electrons. The van der Waals surface area contributed by atoms with Crippen molar-refractivity contribution in [2.24, 2.45) is 0 Å². The average molecular weight is 300 g/mol. The summed E-state index contributed by atoms with van der Waals surface area (Å²) in [6.07, 6.45) is 4.69. The first kappa shape index (κ1) is 14.2. The maximum absolute atomic E-state index is 12.4. The van der Waals surface area contributed by atoms with Crippen molar-refractivity contribution in [2.45, 2.75) is 26.3 Å². The van der Waals surface area contributed by atoms with E-state index in [-0.39, 0.29) is 11.6 Å². The summed E-state index contributed by atoms with van der Waals surface area (Å²) < 4.78 is 1.73. The number of nitro benzene ring substituents is 1. The van der Waals surface area contributed by atoms with Crippen LogP contribution < -0.4 is 4.90 Å². The van der Waals surface area contributed by atoms with Crippen LogP contribution in [0.3, 0.4) is 0 Å². The zero-order valence-corrected chi connectivity index (χ0v) is 12.2. The molecule has 0 saturated heterocycles. The first-order valence-electron chi connectivity index (χ1n) is 7.11. The van der Waals surface area contributed by atoms with Crippen LogP contribution in [0.1, 0.15) is 17.5 Å². The number of amides is 1. The first-order chi connectivity index (χ1) is 10.5. The van der Waals surface area contributed by atoms with Crippen molar-refractivity contribution in [3.05, 3.63) is 51.8 Å². The fourth-order valence-electron chi connectivity index (χ4n) is 2.67. The Morgan fingerprint density at radius 3 is 2.95 bits per heavy atom. The van der Waals surface area contributed by atoms with E-state index in [2.05, 4.69) is 5.10 Å². The van der Waals surface area contributed by atoms with E-state index < -0.39 is 4.92 Å². The summed E-state index contributed by atoms with van der Waals surface area (Å²) in [6.45, 7) is 3.03. The Morgan fingerprint density at radius 2 is 2.27 bits per heavy atom. The Hall–Kier alpha value is -2.70. The van der Waals surface area contributed by atoms with Gasteiger partial charge in [0.05, 0.1) is 16.8 Å². The van der Waals surface area contributed by atoms with Gasteiger partial charge in [-0.3, -0.25) is 19.6 Å². The zero-order chi connectivity index (χ0) is 15.7. The summed E-state index contributed by atoms with van der Waals surface area (Å²) >= 11 is 0. The number of carbonyl (C=O) groups excluding carboxylic acids is 1. The Morgan fingerprint density at radius 1 is 1.45 bits per heavy atom. The highest BCUT2D eigenvalue weighted by Crippen LogP contribution is 2.32. The highest BCUT2D eigenvalue weighted by Gasteiger charge is 2.26. The van der Waals surface area contributed by atoms with Gasteiger partial charge in [0.1, 0.15) is 0 Å². The number of rotatable bonds is 4. The molecule has 1 aromatic heterocycles. The molecular formula is C15H16N4O3. The Kier molecular flexibility index (Phi) is 3.62. The molecule has 22 heavy (non-hydrogen) atoms. The smallest absolute Gasteiger partial charge is 0.271 e. The zero-order valence-electron chi connectivity index (χ0n) is 12.2. The fraction of sp³-hybridized carbons (Fsp3) is 0.333. The van der Waals surface area contributed by atoms with Gasteiger partial charge in [-0.2, -0.15) is 5.10 Å². The molecule has 1 aromatic carbocycles. The SMILES string of the molecule is Cc1cnn(CCC(=O)N2CCc3ccc([N+](=O)[O-])cc32)c1. The molecule has 0 saturated carbocycles. The van der Waals surface area contributed by atoms with Crippen molar-refractivity contribution < 1.29 is 9.72 Å². The molecule has 2 heterocycles. The molecule has 1 aliphatic rings. The van der Waals surface area contributed by atoms with Gasteiger partial charge >= 0.3 is 0 Å². The predicted molar refractivity (Wildman–Crippen MR) is 80.7 cm³/mol. The quantitative estimate of drug-likeness (QED) is 0.639. The van der Waals surface area contributed by atoms with Gasteiger partial charge < -0.3 is 4.90 Å². The highest BCUT2D eigenvalue weighted by atomic mass is 16.6. The number of fused-ring (bicyclic) bond motifs is 1. The van der Waals surface area contributed by atoms with E-state index in [9.17, 15) is 14.9 Å². The van der Waals surface area contributed by atoms with Crippen LogP contribution in [0.25, 0.3) is 0 Å². The van der Waals surface area contributed by atoms with Crippen molar-refractivity contribution in [1.82, 2.24) is 9.78 Å². The second-order valence-corrected chi connectivity index (χ2v) is 5.40. The fourth-order valence-corrected chi connectivity index (χ4v) is 2.67. The summed E-state index contributed by atoms with van der Waals surface area (Å²) in [5.74, 6) is -0.0348. The summed E-state index contributed by atoms with van der Waals surface area (Å²) in [6, 6.07) is 4.70. The highest BCUT2D eigenvalue weighted by molar-refractivity contribution is 5.95.